The van der Waals surface area contributed by atoms with Crippen molar-refractivity contribution in [3.05, 3.63) is 11.9 Å². The number of aryl methyl sites for hydroxylation is 1. The maximum absolute atomic E-state index is 5.47. The maximum Gasteiger partial charge on any atom is 0.243 e. The minimum absolute atomic E-state index is 0.305. The van der Waals surface area contributed by atoms with Gasteiger partial charge < -0.3 is 10.1 Å². The van der Waals surface area contributed by atoms with Crippen LogP contribution in [0, 0.1) is 6.92 Å². The molecule has 1 aromatic heterocycles. The van der Waals surface area contributed by atoms with E-state index in [1.807, 2.05) is 6.92 Å². The molecule has 1 fully saturated rings. The Hall–Kier alpha value is -1.23. The van der Waals surface area contributed by atoms with Gasteiger partial charge in [0.1, 0.15) is 0 Å². The fourth-order valence-electron chi connectivity index (χ4n) is 1.47. The molecule has 5 nitrogen and oxygen atoms in total. The number of rotatable bonds is 3. The molecular formula is C9H14N4O. The number of ether oxygens (including phenoxy) is 1. The van der Waals surface area contributed by atoms with Gasteiger partial charge in [0.15, 0.2) is 0 Å². The fourth-order valence-corrected chi connectivity index (χ4v) is 1.47. The van der Waals surface area contributed by atoms with Crippen LogP contribution in [0.1, 0.15) is 18.5 Å². The summed E-state index contributed by atoms with van der Waals surface area (Å²) < 4.78 is 5.47. The lowest BCUT2D eigenvalue weighted by Gasteiger charge is -2.09. The van der Waals surface area contributed by atoms with E-state index in [1.54, 1.807) is 6.20 Å². The van der Waals surface area contributed by atoms with Gasteiger partial charge in [-0.15, -0.1) is 5.10 Å². The topological polar surface area (TPSA) is 59.9 Å². The lowest BCUT2D eigenvalue weighted by Crippen LogP contribution is -2.19. The number of aromatic nitrogens is 3. The van der Waals surface area contributed by atoms with Crippen LogP contribution in [-0.4, -0.2) is 34.4 Å². The van der Waals surface area contributed by atoms with Gasteiger partial charge in [0.05, 0.1) is 18.0 Å². The zero-order chi connectivity index (χ0) is 9.80. The zero-order valence-electron chi connectivity index (χ0n) is 8.23. The predicted molar refractivity (Wildman–Crippen MR) is 52.0 cm³/mol. The van der Waals surface area contributed by atoms with Crippen LogP contribution in [0.5, 0.6) is 0 Å². The molecule has 0 radical (unpaired) electrons. The average Bonchev–Trinajstić information content (AvgIpc) is 2.67. The van der Waals surface area contributed by atoms with Gasteiger partial charge in [0, 0.05) is 13.2 Å². The van der Waals surface area contributed by atoms with E-state index in [2.05, 4.69) is 20.5 Å². The van der Waals surface area contributed by atoms with E-state index in [9.17, 15) is 0 Å². The standard InChI is InChI=1S/C9H14N4O/c1-7-5-11-13-9(12-7)10-6-8-3-2-4-14-8/h5,8H,2-4,6H2,1H3,(H,10,12,13)/t8-/m0/s1. The summed E-state index contributed by atoms with van der Waals surface area (Å²) in [4.78, 5) is 4.19. The van der Waals surface area contributed by atoms with Crippen LogP contribution in [0.15, 0.2) is 6.20 Å². The van der Waals surface area contributed by atoms with E-state index in [0.717, 1.165) is 31.7 Å². The molecule has 0 saturated carbocycles. The van der Waals surface area contributed by atoms with Gasteiger partial charge in [-0.2, -0.15) is 5.10 Å². The molecule has 0 unspecified atom stereocenters. The summed E-state index contributed by atoms with van der Waals surface area (Å²) in [6.07, 6.45) is 4.21. The fraction of sp³-hybridized carbons (Fsp3) is 0.667. The largest absolute Gasteiger partial charge is 0.376 e. The lowest BCUT2D eigenvalue weighted by atomic mass is 10.2. The Labute approximate surface area is 82.9 Å². The molecular weight excluding hydrogens is 180 g/mol. The SMILES string of the molecule is Cc1cnnc(NC[C@@H]2CCCO2)n1. The molecule has 0 amide bonds. The molecule has 1 aliphatic rings. The Kier molecular flexibility index (Phi) is 2.88. The first-order chi connectivity index (χ1) is 6.84. The van der Waals surface area contributed by atoms with Crippen molar-refractivity contribution < 1.29 is 4.74 Å². The van der Waals surface area contributed by atoms with Crippen molar-refractivity contribution >= 4 is 5.95 Å². The van der Waals surface area contributed by atoms with Gasteiger partial charge in [0.25, 0.3) is 0 Å². The van der Waals surface area contributed by atoms with Gasteiger partial charge >= 0.3 is 0 Å². The predicted octanol–water partition coefficient (Wildman–Crippen LogP) is 0.771. The second-order valence-electron chi connectivity index (χ2n) is 3.44. The maximum atomic E-state index is 5.47. The molecule has 1 atom stereocenters. The van der Waals surface area contributed by atoms with Gasteiger partial charge in [-0.3, -0.25) is 0 Å². The number of nitrogens with zero attached hydrogens (tertiary/aromatic N) is 3. The highest BCUT2D eigenvalue weighted by Crippen LogP contribution is 2.11. The molecule has 14 heavy (non-hydrogen) atoms. The smallest absolute Gasteiger partial charge is 0.243 e. The van der Waals surface area contributed by atoms with Gasteiger partial charge in [-0.25, -0.2) is 4.98 Å². The highest BCUT2D eigenvalue weighted by Gasteiger charge is 2.15. The average molecular weight is 194 g/mol. The normalized spacial score (nSPS) is 21.1. The van der Waals surface area contributed by atoms with E-state index in [4.69, 9.17) is 4.74 Å². The van der Waals surface area contributed by atoms with Crippen molar-refractivity contribution in [1.29, 1.82) is 0 Å². The monoisotopic (exact) mass is 194 g/mol. The Morgan fingerprint density at radius 3 is 3.29 bits per heavy atom. The first-order valence-corrected chi connectivity index (χ1v) is 4.86. The van der Waals surface area contributed by atoms with Crippen LogP contribution in [0.2, 0.25) is 0 Å². The summed E-state index contributed by atoms with van der Waals surface area (Å²) in [5, 5.41) is 10.8. The Balaban J connectivity index is 1.85. The van der Waals surface area contributed by atoms with Crippen molar-refractivity contribution in [3.8, 4) is 0 Å². The molecule has 1 saturated heterocycles. The molecule has 76 valence electrons. The van der Waals surface area contributed by atoms with E-state index in [1.165, 1.54) is 0 Å². The van der Waals surface area contributed by atoms with Crippen LogP contribution in [0.25, 0.3) is 0 Å². The Morgan fingerprint density at radius 1 is 1.64 bits per heavy atom. The molecule has 0 aliphatic carbocycles. The van der Waals surface area contributed by atoms with Gasteiger partial charge in [0.2, 0.25) is 5.95 Å². The first kappa shape index (κ1) is 9.33. The lowest BCUT2D eigenvalue weighted by molar-refractivity contribution is 0.120. The molecule has 0 bridgehead atoms. The molecule has 2 heterocycles. The first-order valence-electron chi connectivity index (χ1n) is 4.86. The van der Waals surface area contributed by atoms with Crippen LogP contribution in [0.3, 0.4) is 0 Å². The molecule has 0 spiro atoms. The number of hydrogen-bond donors (Lipinski definition) is 1. The second-order valence-corrected chi connectivity index (χ2v) is 3.44. The molecule has 1 aliphatic heterocycles. The number of hydrogen-bond acceptors (Lipinski definition) is 5. The third-order valence-electron chi connectivity index (χ3n) is 2.19. The quantitative estimate of drug-likeness (QED) is 0.770. The summed E-state index contributed by atoms with van der Waals surface area (Å²) >= 11 is 0. The summed E-state index contributed by atoms with van der Waals surface area (Å²) in [7, 11) is 0. The third kappa shape index (κ3) is 2.38. The van der Waals surface area contributed by atoms with Crippen LogP contribution >= 0.6 is 0 Å². The van der Waals surface area contributed by atoms with Crippen molar-refractivity contribution in [2.24, 2.45) is 0 Å². The summed E-state index contributed by atoms with van der Waals surface area (Å²) in [6.45, 7) is 3.54. The van der Waals surface area contributed by atoms with E-state index in [0.29, 0.717) is 12.1 Å². The van der Waals surface area contributed by atoms with Gasteiger partial charge in [-0.05, 0) is 19.8 Å². The highest BCUT2D eigenvalue weighted by molar-refractivity contribution is 5.22. The summed E-state index contributed by atoms with van der Waals surface area (Å²) in [5.74, 6) is 0.584. The van der Waals surface area contributed by atoms with Crippen molar-refractivity contribution in [3.63, 3.8) is 0 Å². The van der Waals surface area contributed by atoms with E-state index >= 15 is 0 Å². The molecule has 0 aromatic carbocycles. The van der Waals surface area contributed by atoms with Crippen LogP contribution in [0.4, 0.5) is 5.95 Å². The molecule has 1 aromatic rings. The molecule has 2 rings (SSSR count). The van der Waals surface area contributed by atoms with Crippen molar-refractivity contribution in [1.82, 2.24) is 15.2 Å². The van der Waals surface area contributed by atoms with Crippen molar-refractivity contribution in [2.75, 3.05) is 18.5 Å². The minimum atomic E-state index is 0.305. The molecule has 1 N–H and O–H groups in total. The van der Waals surface area contributed by atoms with Crippen LogP contribution < -0.4 is 5.32 Å². The summed E-state index contributed by atoms with van der Waals surface area (Å²) in [6, 6.07) is 0. The Bertz CT molecular complexity index is 299. The van der Waals surface area contributed by atoms with Crippen LogP contribution in [-0.2, 0) is 4.74 Å². The van der Waals surface area contributed by atoms with Gasteiger partial charge in [-0.1, -0.05) is 0 Å². The van der Waals surface area contributed by atoms with Crippen molar-refractivity contribution in [2.45, 2.75) is 25.9 Å². The zero-order valence-corrected chi connectivity index (χ0v) is 8.23. The minimum Gasteiger partial charge on any atom is -0.376 e. The highest BCUT2D eigenvalue weighted by atomic mass is 16.5. The van der Waals surface area contributed by atoms with E-state index < -0.39 is 0 Å². The number of anilines is 1. The molecule has 5 heteroatoms. The summed E-state index contributed by atoms with van der Waals surface area (Å²) in [5.41, 5.74) is 0.870. The van der Waals surface area contributed by atoms with E-state index in [-0.39, 0.29) is 0 Å². The number of nitrogens with one attached hydrogen (secondary N) is 1. The third-order valence-corrected chi connectivity index (χ3v) is 2.19. The second kappa shape index (κ2) is 4.32. The Morgan fingerprint density at radius 2 is 2.57 bits per heavy atom.